The van der Waals surface area contributed by atoms with Crippen LogP contribution >= 0.6 is 15.9 Å². The van der Waals surface area contributed by atoms with Crippen LogP contribution in [0, 0.1) is 0 Å². The van der Waals surface area contributed by atoms with Crippen molar-refractivity contribution >= 4 is 22.0 Å². The van der Waals surface area contributed by atoms with Crippen LogP contribution in [0.1, 0.15) is 19.8 Å². The number of amides is 1. The molecular formula is C13H17BrN2O3. The third-order valence-electron chi connectivity index (χ3n) is 2.81. The Morgan fingerprint density at radius 2 is 2.37 bits per heavy atom. The summed E-state index contributed by atoms with van der Waals surface area (Å²) in [7, 11) is 0. The largest absolute Gasteiger partial charge is 0.471 e. The number of rotatable bonds is 5. The van der Waals surface area contributed by atoms with E-state index in [1.54, 1.807) is 11.1 Å². The number of nitrogens with zero attached hydrogens (tertiary/aromatic N) is 2. The maximum Gasteiger partial charge on any atom is 0.410 e. The predicted molar refractivity (Wildman–Crippen MR) is 74.2 cm³/mol. The predicted octanol–water partition coefficient (Wildman–Crippen LogP) is 2.84. The Hall–Kier alpha value is -1.30. The molecule has 0 atom stereocenters. The van der Waals surface area contributed by atoms with Crippen molar-refractivity contribution in [2.45, 2.75) is 25.9 Å². The fourth-order valence-electron chi connectivity index (χ4n) is 1.68. The molecule has 0 aromatic carbocycles. The smallest absolute Gasteiger partial charge is 0.410 e. The highest BCUT2D eigenvalue weighted by Gasteiger charge is 2.33. The van der Waals surface area contributed by atoms with Gasteiger partial charge in [-0.1, -0.05) is 29.3 Å². The average molecular weight is 329 g/mol. The number of likely N-dealkylation sites (tertiary alicyclic amines) is 1. The van der Waals surface area contributed by atoms with Crippen molar-refractivity contribution in [3.05, 3.63) is 22.8 Å². The van der Waals surface area contributed by atoms with E-state index in [-0.39, 0.29) is 12.2 Å². The topological polar surface area (TPSA) is 51.7 Å². The van der Waals surface area contributed by atoms with Crippen molar-refractivity contribution in [2.24, 2.45) is 0 Å². The first-order valence-electron chi connectivity index (χ1n) is 6.39. The molecule has 1 aromatic heterocycles. The molecule has 0 unspecified atom stereocenters. The minimum absolute atomic E-state index is 0.000486. The van der Waals surface area contributed by atoms with Crippen molar-refractivity contribution in [1.82, 2.24) is 9.88 Å². The van der Waals surface area contributed by atoms with Gasteiger partial charge in [-0.2, -0.15) is 0 Å². The van der Waals surface area contributed by atoms with Crippen LogP contribution in [0.15, 0.2) is 22.8 Å². The molecular weight excluding hydrogens is 312 g/mol. The Morgan fingerprint density at radius 1 is 1.58 bits per heavy atom. The summed E-state index contributed by atoms with van der Waals surface area (Å²) in [5.41, 5.74) is 0. The fourth-order valence-corrected chi connectivity index (χ4v) is 1.99. The molecule has 1 amide bonds. The van der Waals surface area contributed by atoms with Gasteiger partial charge in [-0.15, -0.1) is 0 Å². The van der Waals surface area contributed by atoms with Crippen LogP contribution in [-0.2, 0) is 4.74 Å². The average Bonchev–Trinajstić information content (AvgIpc) is 2.33. The van der Waals surface area contributed by atoms with Gasteiger partial charge in [0, 0.05) is 16.7 Å². The molecule has 1 saturated heterocycles. The zero-order chi connectivity index (χ0) is 13.7. The van der Waals surface area contributed by atoms with Gasteiger partial charge in [0.05, 0.1) is 19.7 Å². The van der Waals surface area contributed by atoms with Gasteiger partial charge < -0.3 is 14.4 Å². The van der Waals surface area contributed by atoms with Gasteiger partial charge in [0.15, 0.2) is 0 Å². The fraction of sp³-hybridized carbons (Fsp3) is 0.538. The van der Waals surface area contributed by atoms with E-state index in [2.05, 4.69) is 27.8 Å². The van der Waals surface area contributed by atoms with Gasteiger partial charge in [-0.25, -0.2) is 9.78 Å². The molecule has 19 heavy (non-hydrogen) atoms. The number of pyridine rings is 1. The number of hydrogen-bond acceptors (Lipinski definition) is 4. The van der Waals surface area contributed by atoms with Gasteiger partial charge in [0.1, 0.15) is 6.10 Å². The second-order valence-corrected chi connectivity index (χ2v) is 5.34. The third-order valence-corrected chi connectivity index (χ3v) is 3.31. The lowest BCUT2D eigenvalue weighted by Gasteiger charge is -2.37. The maximum absolute atomic E-state index is 11.6. The number of ether oxygens (including phenoxy) is 2. The molecule has 0 bridgehead atoms. The second kappa shape index (κ2) is 6.75. The molecule has 0 aliphatic carbocycles. The molecule has 2 rings (SSSR count). The lowest BCUT2D eigenvalue weighted by molar-refractivity contribution is 0.00888. The van der Waals surface area contributed by atoms with E-state index in [1.165, 1.54) is 0 Å². The number of carbonyl (C=O) groups excluding carboxylic acids is 1. The molecule has 6 heteroatoms. The first kappa shape index (κ1) is 14.1. The van der Waals surface area contributed by atoms with E-state index in [0.29, 0.717) is 25.6 Å². The van der Waals surface area contributed by atoms with E-state index >= 15 is 0 Å². The summed E-state index contributed by atoms with van der Waals surface area (Å²) < 4.78 is 11.7. The zero-order valence-electron chi connectivity index (χ0n) is 10.8. The van der Waals surface area contributed by atoms with Crippen molar-refractivity contribution < 1.29 is 14.3 Å². The van der Waals surface area contributed by atoms with Crippen LogP contribution in [0.2, 0.25) is 0 Å². The third kappa shape index (κ3) is 4.09. The van der Waals surface area contributed by atoms with Crippen LogP contribution in [0.4, 0.5) is 4.79 Å². The number of halogens is 1. The highest BCUT2D eigenvalue weighted by atomic mass is 79.9. The van der Waals surface area contributed by atoms with Gasteiger partial charge >= 0.3 is 6.09 Å². The molecule has 1 aromatic rings. The van der Waals surface area contributed by atoms with E-state index in [0.717, 1.165) is 17.3 Å². The van der Waals surface area contributed by atoms with E-state index in [1.807, 2.05) is 12.1 Å². The minimum atomic E-state index is -0.254. The van der Waals surface area contributed by atoms with Gasteiger partial charge in [0.2, 0.25) is 5.88 Å². The molecule has 1 aliphatic heterocycles. The molecule has 2 heterocycles. The normalized spacial score (nSPS) is 14.9. The highest BCUT2D eigenvalue weighted by molar-refractivity contribution is 9.10. The van der Waals surface area contributed by atoms with E-state index in [4.69, 9.17) is 9.47 Å². The number of unbranched alkanes of at least 4 members (excludes halogenated alkanes) is 1. The monoisotopic (exact) mass is 328 g/mol. The van der Waals surface area contributed by atoms with Gasteiger partial charge in [-0.3, -0.25) is 0 Å². The Morgan fingerprint density at radius 3 is 3.05 bits per heavy atom. The first-order chi connectivity index (χ1) is 9.19. The first-order valence-corrected chi connectivity index (χ1v) is 7.18. The Balaban J connectivity index is 1.70. The van der Waals surface area contributed by atoms with Gasteiger partial charge in [0.25, 0.3) is 0 Å². The summed E-state index contributed by atoms with van der Waals surface area (Å²) in [5.74, 6) is 0.568. The standard InChI is InChI=1S/C13H17BrN2O3/c1-2-3-6-18-13(17)16-8-11(9-16)19-12-7-10(14)4-5-15-12/h4-5,7,11H,2-3,6,8-9H2,1H3. The van der Waals surface area contributed by atoms with Crippen LogP contribution in [0.5, 0.6) is 5.88 Å². The molecule has 0 radical (unpaired) electrons. The SMILES string of the molecule is CCCCOC(=O)N1CC(Oc2cc(Br)ccn2)C1. The van der Waals surface area contributed by atoms with Crippen molar-refractivity contribution in [2.75, 3.05) is 19.7 Å². The Labute approximate surface area is 121 Å². The lowest BCUT2D eigenvalue weighted by atomic mass is 10.2. The highest BCUT2D eigenvalue weighted by Crippen LogP contribution is 2.19. The Bertz CT molecular complexity index is 436. The molecule has 0 spiro atoms. The summed E-state index contributed by atoms with van der Waals surface area (Å²) in [4.78, 5) is 17.3. The van der Waals surface area contributed by atoms with Crippen LogP contribution in [0.25, 0.3) is 0 Å². The lowest BCUT2D eigenvalue weighted by Crippen LogP contribution is -2.56. The molecule has 1 aliphatic rings. The zero-order valence-corrected chi connectivity index (χ0v) is 12.4. The maximum atomic E-state index is 11.6. The molecule has 0 saturated carbocycles. The summed E-state index contributed by atoms with van der Waals surface area (Å²) in [5, 5.41) is 0. The number of hydrogen-bond donors (Lipinski definition) is 0. The number of aromatic nitrogens is 1. The number of carbonyl (C=O) groups is 1. The second-order valence-electron chi connectivity index (χ2n) is 4.43. The van der Waals surface area contributed by atoms with Crippen LogP contribution in [0.3, 0.4) is 0 Å². The Kier molecular flexibility index (Phi) is 5.01. The van der Waals surface area contributed by atoms with Crippen molar-refractivity contribution in [1.29, 1.82) is 0 Å². The quantitative estimate of drug-likeness (QED) is 0.780. The molecule has 5 nitrogen and oxygen atoms in total. The summed E-state index contributed by atoms with van der Waals surface area (Å²) in [6.45, 7) is 3.66. The summed E-state index contributed by atoms with van der Waals surface area (Å²) in [6.07, 6.45) is 3.35. The summed E-state index contributed by atoms with van der Waals surface area (Å²) >= 11 is 3.36. The van der Waals surface area contributed by atoms with Crippen molar-refractivity contribution in [3.8, 4) is 5.88 Å². The van der Waals surface area contributed by atoms with Gasteiger partial charge in [-0.05, 0) is 12.5 Å². The molecule has 104 valence electrons. The summed E-state index contributed by atoms with van der Waals surface area (Å²) in [6, 6.07) is 3.65. The van der Waals surface area contributed by atoms with Crippen molar-refractivity contribution in [3.63, 3.8) is 0 Å². The van der Waals surface area contributed by atoms with E-state index in [9.17, 15) is 4.79 Å². The van der Waals surface area contributed by atoms with E-state index < -0.39 is 0 Å². The molecule has 1 fully saturated rings. The molecule has 0 N–H and O–H groups in total. The van der Waals surface area contributed by atoms with Crippen LogP contribution in [-0.4, -0.2) is 41.8 Å². The minimum Gasteiger partial charge on any atom is -0.471 e. The van der Waals surface area contributed by atoms with Crippen LogP contribution < -0.4 is 4.74 Å².